The van der Waals surface area contributed by atoms with Crippen molar-refractivity contribution in [2.24, 2.45) is 0 Å². The number of amides is 1. The van der Waals surface area contributed by atoms with Gasteiger partial charge < -0.3 is 30.0 Å². The second-order valence-corrected chi connectivity index (χ2v) is 8.32. The summed E-state index contributed by atoms with van der Waals surface area (Å²) in [6.07, 6.45) is -2.22. The van der Waals surface area contributed by atoms with Gasteiger partial charge in [0.1, 0.15) is 17.3 Å². The van der Waals surface area contributed by atoms with Crippen molar-refractivity contribution in [2.45, 2.75) is 57.9 Å². The van der Waals surface area contributed by atoms with Crippen molar-refractivity contribution in [3.05, 3.63) is 77.4 Å². The molecule has 2 aromatic carbocycles. The number of aliphatic hydroxyl groups excluding tert-OH is 2. The molecule has 186 valence electrons. The summed E-state index contributed by atoms with van der Waals surface area (Å²) in [7, 11) is 0. The molecule has 10 heteroatoms. The first kappa shape index (κ1) is 29.7. The van der Waals surface area contributed by atoms with Crippen LogP contribution < -0.4 is 40.0 Å². The Morgan fingerprint density at radius 3 is 2.36 bits per heavy atom. The van der Waals surface area contributed by atoms with Gasteiger partial charge in [0.25, 0.3) is 5.91 Å². The van der Waals surface area contributed by atoms with E-state index in [1.54, 1.807) is 16.7 Å². The van der Waals surface area contributed by atoms with Crippen LogP contribution in [0.4, 0.5) is 4.39 Å². The molecule has 3 aromatic rings. The number of rotatable bonds is 12. The van der Waals surface area contributed by atoms with Gasteiger partial charge >= 0.3 is 29.6 Å². The van der Waals surface area contributed by atoms with Gasteiger partial charge in [0.2, 0.25) is 0 Å². The smallest absolute Gasteiger partial charge is 0.550 e. The maximum Gasteiger partial charge on any atom is 1.00 e. The number of carboxylic acids is 1. The van der Waals surface area contributed by atoms with E-state index in [0.29, 0.717) is 30.0 Å². The molecule has 0 unspecified atom stereocenters. The molecule has 0 aliphatic heterocycles. The number of halogens is 1. The zero-order valence-corrected chi connectivity index (χ0v) is 22.5. The average Bonchev–Trinajstić information content (AvgIpc) is 3.20. The average molecular weight is 506 g/mol. The number of nitrogens with zero attached hydrogens (tertiary/aromatic N) is 2. The van der Waals surface area contributed by atoms with Crippen LogP contribution in [0.15, 0.2) is 54.6 Å². The van der Waals surface area contributed by atoms with E-state index in [-0.39, 0.29) is 60.5 Å². The van der Waals surface area contributed by atoms with Crippen LogP contribution in [-0.4, -0.2) is 43.8 Å². The topological polar surface area (TPSA) is 128 Å². The van der Waals surface area contributed by atoms with Crippen LogP contribution in [0.3, 0.4) is 0 Å². The number of nitrogens with one attached hydrogen (secondary N) is 1. The molecule has 0 spiro atoms. The van der Waals surface area contributed by atoms with Crippen LogP contribution in [0.1, 0.15) is 47.9 Å². The Morgan fingerprint density at radius 1 is 1.08 bits per heavy atom. The third kappa shape index (κ3) is 8.25. The van der Waals surface area contributed by atoms with Gasteiger partial charge in [-0.15, -0.1) is 0 Å². The minimum Gasteiger partial charge on any atom is -0.550 e. The van der Waals surface area contributed by atoms with E-state index in [1.807, 2.05) is 37.3 Å². The monoisotopic (exact) mass is 505 g/mol. The first-order valence-corrected chi connectivity index (χ1v) is 11.5. The maximum atomic E-state index is 13.5. The van der Waals surface area contributed by atoms with Gasteiger partial charge in [-0.2, -0.15) is 0 Å². The molecule has 2 atom stereocenters. The molecule has 36 heavy (non-hydrogen) atoms. The number of hydrogen-bond donors (Lipinski definition) is 3. The molecule has 0 bridgehead atoms. The number of carbonyl (C=O) groups is 2. The van der Waals surface area contributed by atoms with Crippen LogP contribution in [0, 0.1) is 5.82 Å². The standard InChI is InChI=1S/C26H30FN3O5.Na/c1-2-22-24(26(35)28-16-17-6-4-3-5-7-17)29-25(18-8-10-19(27)11-9-18)30(22)13-12-20(31)14-21(32)15-23(33)34;/h3-11,20-21,31-32H,2,12-16H2,1H3,(H,28,35)(H,33,34);/q;+1/p-1/t20-,21-;/m1./s1. The molecule has 0 radical (unpaired) electrons. The Bertz CT molecular complexity index is 1140. The van der Waals surface area contributed by atoms with Gasteiger partial charge in [0, 0.05) is 31.0 Å². The molecule has 3 rings (SSSR count). The molecule has 0 aliphatic rings. The molecule has 1 heterocycles. The third-order valence-corrected chi connectivity index (χ3v) is 5.65. The van der Waals surface area contributed by atoms with Crippen LogP contribution in [0.25, 0.3) is 11.4 Å². The van der Waals surface area contributed by atoms with Gasteiger partial charge in [0.15, 0.2) is 0 Å². The molecular weight excluding hydrogens is 476 g/mol. The second-order valence-electron chi connectivity index (χ2n) is 8.32. The van der Waals surface area contributed by atoms with Crippen molar-refractivity contribution >= 4 is 11.9 Å². The number of aliphatic carboxylic acids is 1. The third-order valence-electron chi connectivity index (χ3n) is 5.65. The van der Waals surface area contributed by atoms with Gasteiger partial charge in [-0.1, -0.05) is 37.3 Å². The van der Waals surface area contributed by atoms with Crippen molar-refractivity contribution in [3.63, 3.8) is 0 Å². The molecule has 1 amide bonds. The fourth-order valence-electron chi connectivity index (χ4n) is 3.93. The summed E-state index contributed by atoms with van der Waals surface area (Å²) in [4.78, 5) is 28.3. The SMILES string of the molecule is CCc1c(C(=O)NCc2ccccc2)nc(-c2ccc(F)cc2)n1CC[C@@H](O)C[C@@H](O)CC(=O)[O-].[Na+]. The summed E-state index contributed by atoms with van der Waals surface area (Å²) >= 11 is 0. The number of aromatic nitrogens is 2. The van der Waals surface area contributed by atoms with E-state index in [2.05, 4.69) is 10.3 Å². The molecule has 0 saturated heterocycles. The first-order valence-electron chi connectivity index (χ1n) is 11.5. The molecule has 0 aliphatic carbocycles. The molecule has 0 fully saturated rings. The predicted molar refractivity (Wildman–Crippen MR) is 125 cm³/mol. The van der Waals surface area contributed by atoms with Gasteiger partial charge in [-0.05, 0) is 49.1 Å². The number of aliphatic hydroxyl groups is 2. The summed E-state index contributed by atoms with van der Waals surface area (Å²) in [6.45, 7) is 2.47. The van der Waals surface area contributed by atoms with Gasteiger partial charge in [0.05, 0.1) is 17.9 Å². The number of imidazole rings is 1. The molecule has 3 N–H and O–H groups in total. The van der Waals surface area contributed by atoms with Crippen molar-refractivity contribution in [2.75, 3.05) is 0 Å². The summed E-state index contributed by atoms with van der Waals surface area (Å²) < 4.78 is 15.3. The fourth-order valence-corrected chi connectivity index (χ4v) is 3.93. The number of carboxylic acid groups (broad SMARTS) is 1. The van der Waals surface area contributed by atoms with Crippen LogP contribution >= 0.6 is 0 Å². The maximum absolute atomic E-state index is 13.5. The summed E-state index contributed by atoms with van der Waals surface area (Å²) in [6, 6.07) is 15.2. The van der Waals surface area contributed by atoms with Crippen molar-refractivity contribution in [3.8, 4) is 11.4 Å². The Kier molecular flexibility index (Phi) is 11.7. The molecule has 1 aromatic heterocycles. The van der Waals surface area contributed by atoms with Crippen LogP contribution in [0.2, 0.25) is 0 Å². The quantitative estimate of drug-likeness (QED) is 0.266. The fraction of sp³-hybridized carbons (Fsp3) is 0.346. The van der Waals surface area contributed by atoms with E-state index in [1.165, 1.54) is 12.1 Å². The first-order chi connectivity index (χ1) is 16.8. The van der Waals surface area contributed by atoms with E-state index >= 15 is 0 Å². The Labute approximate surface area is 231 Å². The largest absolute Gasteiger partial charge is 1.00 e. The van der Waals surface area contributed by atoms with E-state index in [0.717, 1.165) is 5.56 Å². The number of benzene rings is 2. The second kappa shape index (κ2) is 14.2. The zero-order chi connectivity index (χ0) is 25.4. The van der Waals surface area contributed by atoms with Gasteiger partial charge in [-0.25, -0.2) is 9.37 Å². The Balaban J connectivity index is 0.00000456. The zero-order valence-electron chi connectivity index (χ0n) is 20.5. The summed E-state index contributed by atoms with van der Waals surface area (Å²) in [5.74, 6) is -1.69. The molecular formula is C26H29FN3NaO5. The normalized spacial score (nSPS) is 12.4. The Hall–Kier alpha value is -2.56. The molecule has 8 nitrogen and oxygen atoms in total. The number of hydrogen-bond acceptors (Lipinski definition) is 6. The number of carbonyl (C=O) groups excluding carboxylic acids is 2. The minimum atomic E-state index is -1.39. The minimum absolute atomic E-state index is 0. The van der Waals surface area contributed by atoms with E-state index < -0.39 is 30.4 Å². The van der Waals surface area contributed by atoms with Crippen molar-refractivity contribution in [1.82, 2.24) is 14.9 Å². The van der Waals surface area contributed by atoms with Gasteiger partial charge in [-0.3, -0.25) is 4.79 Å². The van der Waals surface area contributed by atoms with Crippen molar-refractivity contribution < 1.29 is 58.9 Å². The van der Waals surface area contributed by atoms with Crippen LogP contribution in [-0.2, 0) is 24.3 Å². The Morgan fingerprint density at radius 2 is 1.75 bits per heavy atom. The summed E-state index contributed by atoms with van der Waals surface area (Å²) in [5.41, 5.74) is 2.44. The van der Waals surface area contributed by atoms with Crippen molar-refractivity contribution in [1.29, 1.82) is 0 Å². The van der Waals surface area contributed by atoms with E-state index in [4.69, 9.17) is 0 Å². The van der Waals surface area contributed by atoms with E-state index in [9.17, 15) is 29.3 Å². The summed E-state index contributed by atoms with van der Waals surface area (Å²) in [5, 5.41) is 33.7. The molecule has 0 saturated carbocycles. The van der Waals surface area contributed by atoms with Crippen LogP contribution in [0.5, 0.6) is 0 Å². The predicted octanol–water partition coefficient (Wildman–Crippen LogP) is -1.17.